The Hall–Kier alpha value is -3.08. The summed E-state index contributed by atoms with van der Waals surface area (Å²) in [5.74, 6) is 0.372. The van der Waals surface area contributed by atoms with E-state index in [1.54, 1.807) is 37.2 Å². The van der Waals surface area contributed by atoms with Crippen molar-refractivity contribution in [2.24, 2.45) is 0 Å². The minimum atomic E-state index is -3.41. The van der Waals surface area contributed by atoms with Gasteiger partial charge in [-0.15, -0.1) is 0 Å². The normalized spacial score (nSPS) is 11.6. The first kappa shape index (κ1) is 16.8. The first-order chi connectivity index (χ1) is 11.6. The zero-order chi connectivity index (χ0) is 18.4. The molecule has 132 valence electrons. The van der Waals surface area contributed by atoms with Gasteiger partial charge in [-0.25, -0.2) is 18.2 Å². The van der Waals surface area contributed by atoms with Crippen LogP contribution in [0.25, 0.3) is 22.6 Å². The number of H-pyrrole nitrogens is 3. The first-order valence-electron chi connectivity index (χ1n) is 7.16. The monoisotopic (exact) mass is 364 g/mol. The third-order valence-electron chi connectivity index (χ3n) is 3.43. The van der Waals surface area contributed by atoms with Crippen molar-refractivity contribution in [1.29, 1.82) is 0 Å². The number of rotatable bonds is 4. The fourth-order valence-electron chi connectivity index (χ4n) is 2.44. The molecule has 0 bridgehead atoms. The number of aromatic amines is 3. The van der Waals surface area contributed by atoms with E-state index >= 15 is 0 Å². The Balaban J connectivity index is 2.18. The third kappa shape index (κ3) is 3.40. The van der Waals surface area contributed by atoms with Crippen LogP contribution in [0, 0.1) is 0 Å². The summed E-state index contributed by atoms with van der Waals surface area (Å²) in [6.07, 6.45) is 1.07. The molecule has 0 amide bonds. The predicted octanol–water partition coefficient (Wildman–Crippen LogP) is 0.0440. The van der Waals surface area contributed by atoms with Gasteiger partial charge in [0.05, 0.1) is 11.9 Å². The highest BCUT2D eigenvalue weighted by atomic mass is 32.2. The molecule has 0 aliphatic carbocycles. The molecule has 3 rings (SSSR count). The molecule has 4 N–H and O–H groups in total. The highest BCUT2D eigenvalue weighted by Crippen LogP contribution is 2.31. The fraction of sp³-hybridized carbons (Fsp3) is 0.214. The molecule has 25 heavy (non-hydrogen) atoms. The number of aromatic nitrogens is 4. The van der Waals surface area contributed by atoms with Crippen LogP contribution >= 0.6 is 0 Å². The van der Waals surface area contributed by atoms with Gasteiger partial charge >= 0.3 is 5.69 Å². The van der Waals surface area contributed by atoms with E-state index < -0.39 is 21.3 Å². The number of anilines is 2. The summed E-state index contributed by atoms with van der Waals surface area (Å²) >= 11 is 0. The van der Waals surface area contributed by atoms with Crippen LogP contribution in [0.4, 0.5) is 11.4 Å². The molecular weight excluding hydrogens is 348 g/mol. The Labute approximate surface area is 142 Å². The SMILES string of the molecule is CN(C)c1cc(NS(C)(=O)=O)ccc1-c1nc2[nH]c(=O)[nH]c(=O)c2[nH]1. The Morgan fingerprint density at radius 1 is 1.12 bits per heavy atom. The second-order valence-corrected chi connectivity index (χ2v) is 7.47. The predicted molar refractivity (Wildman–Crippen MR) is 95.6 cm³/mol. The molecule has 11 heteroatoms. The lowest BCUT2D eigenvalue weighted by atomic mass is 10.1. The number of hydrogen-bond acceptors (Lipinski definition) is 6. The van der Waals surface area contributed by atoms with E-state index in [1.165, 1.54) is 0 Å². The molecule has 2 heterocycles. The third-order valence-corrected chi connectivity index (χ3v) is 4.03. The molecule has 0 aliphatic heterocycles. The number of benzene rings is 1. The maximum atomic E-state index is 11.8. The van der Waals surface area contributed by atoms with Crippen LogP contribution in [0.2, 0.25) is 0 Å². The van der Waals surface area contributed by atoms with Crippen molar-refractivity contribution in [2.45, 2.75) is 0 Å². The molecule has 1 aromatic carbocycles. The van der Waals surface area contributed by atoms with Crippen molar-refractivity contribution in [3.05, 3.63) is 39.0 Å². The molecule has 0 saturated heterocycles. The minimum absolute atomic E-state index is 0.145. The molecule has 2 aromatic heterocycles. The summed E-state index contributed by atoms with van der Waals surface area (Å²) < 4.78 is 25.2. The van der Waals surface area contributed by atoms with Crippen LogP contribution in [0.1, 0.15) is 0 Å². The van der Waals surface area contributed by atoms with E-state index in [0.717, 1.165) is 6.26 Å². The van der Waals surface area contributed by atoms with Crippen molar-refractivity contribution in [2.75, 3.05) is 30.0 Å². The van der Waals surface area contributed by atoms with E-state index in [2.05, 4.69) is 24.7 Å². The summed E-state index contributed by atoms with van der Waals surface area (Å²) in [5.41, 5.74) is 0.795. The Kier molecular flexibility index (Phi) is 3.87. The Morgan fingerprint density at radius 3 is 2.48 bits per heavy atom. The lowest BCUT2D eigenvalue weighted by Crippen LogP contribution is -2.21. The zero-order valence-electron chi connectivity index (χ0n) is 13.7. The van der Waals surface area contributed by atoms with Crippen molar-refractivity contribution >= 4 is 32.6 Å². The number of imidazole rings is 1. The van der Waals surface area contributed by atoms with Crippen LogP contribution in [0.3, 0.4) is 0 Å². The smallest absolute Gasteiger partial charge is 0.327 e. The van der Waals surface area contributed by atoms with Gasteiger partial charge in [-0.1, -0.05) is 0 Å². The minimum Gasteiger partial charge on any atom is -0.377 e. The second kappa shape index (κ2) is 5.77. The van der Waals surface area contributed by atoms with Crippen LogP contribution in [-0.2, 0) is 10.0 Å². The highest BCUT2D eigenvalue weighted by molar-refractivity contribution is 7.92. The van der Waals surface area contributed by atoms with Crippen LogP contribution < -0.4 is 20.9 Å². The van der Waals surface area contributed by atoms with Crippen molar-refractivity contribution in [1.82, 2.24) is 19.9 Å². The van der Waals surface area contributed by atoms with Gasteiger partial charge < -0.3 is 9.88 Å². The van der Waals surface area contributed by atoms with Gasteiger partial charge in [0.25, 0.3) is 5.56 Å². The summed E-state index contributed by atoms with van der Waals surface area (Å²) in [4.78, 5) is 36.7. The Morgan fingerprint density at radius 2 is 1.84 bits per heavy atom. The number of nitrogens with one attached hydrogen (secondary N) is 4. The molecule has 0 unspecified atom stereocenters. The van der Waals surface area contributed by atoms with E-state index in [1.807, 2.05) is 0 Å². The van der Waals surface area contributed by atoms with Crippen molar-refractivity contribution < 1.29 is 8.42 Å². The van der Waals surface area contributed by atoms with Crippen LogP contribution in [-0.4, -0.2) is 48.7 Å². The Bertz CT molecular complexity index is 1170. The zero-order valence-corrected chi connectivity index (χ0v) is 14.5. The molecule has 3 aromatic rings. The maximum absolute atomic E-state index is 11.8. The molecule has 0 radical (unpaired) electrons. The molecule has 10 nitrogen and oxygen atoms in total. The van der Waals surface area contributed by atoms with Gasteiger partial charge in [-0.3, -0.25) is 19.5 Å². The van der Waals surface area contributed by atoms with Crippen molar-refractivity contribution in [3.8, 4) is 11.4 Å². The molecule has 0 saturated carbocycles. The average molecular weight is 364 g/mol. The van der Waals surface area contributed by atoms with E-state index in [9.17, 15) is 18.0 Å². The molecule has 0 spiro atoms. The summed E-state index contributed by atoms with van der Waals surface area (Å²) in [6.45, 7) is 0. The average Bonchev–Trinajstić information content (AvgIpc) is 2.89. The van der Waals surface area contributed by atoms with Crippen LogP contribution in [0.5, 0.6) is 0 Å². The summed E-state index contributed by atoms with van der Waals surface area (Å²) in [6, 6.07) is 4.91. The standard InChI is InChI=1S/C14H16N6O4S/c1-20(2)9-6-7(19-25(3,23)24)4-5-8(9)11-15-10-12(16-11)17-14(22)18-13(10)21/h4-6,19H,1-3H3,(H3,15,16,17,18,21,22). The molecule has 0 fully saturated rings. The van der Waals surface area contributed by atoms with E-state index in [0.29, 0.717) is 22.8 Å². The largest absolute Gasteiger partial charge is 0.377 e. The van der Waals surface area contributed by atoms with E-state index in [-0.39, 0.29) is 11.2 Å². The first-order valence-corrected chi connectivity index (χ1v) is 9.05. The number of nitrogens with zero attached hydrogens (tertiary/aromatic N) is 2. The quantitative estimate of drug-likeness (QED) is 0.515. The van der Waals surface area contributed by atoms with Gasteiger partial charge in [0.1, 0.15) is 11.3 Å². The van der Waals surface area contributed by atoms with Gasteiger partial charge in [0, 0.05) is 25.3 Å². The number of hydrogen-bond donors (Lipinski definition) is 4. The number of sulfonamides is 1. The lowest BCUT2D eigenvalue weighted by Gasteiger charge is -2.18. The van der Waals surface area contributed by atoms with E-state index in [4.69, 9.17) is 0 Å². The molecule has 0 aliphatic rings. The van der Waals surface area contributed by atoms with Crippen molar-refractivity contribution in [3.63, 3.8) is 0 Å². The molecule has 0 atom stereocenters. The van der Waals surface area contributed by atoms with Gasteiger partial charge in [0.2, 0.25) is 10.0 Å². The second-order valence-electron chi connectivity index (χ2n) is 5.72. The van der Waals surface area contributed by atoms with Gasteiger partial charge in [0.15, 0.2) is 5.65 Å². The summed E-state index contributed by atoms with van der Waals surface area (Å²) in [7, 11) is 0.179. The summed E-state index contributed by atoms with van der Waals surface area (Å²) in [5, 5.41) is 0. The topological polar surface area (TPSA) is 144 Å². The maximum Gasteiger partial charge on any atom is 0.327 e. The fourth-order valence-corrected chi connectivity index (χ4v) is 2.99. The van der Waals surface area contributed by atoms with Gasteiger partial charge in [-0.05, 0) is 18.2 Å². The molecular formula is C14H16N6O4S. The van der Waals surface area contributed by atoms with Gasteiger partial charge in [-0.2, -0.15) is 0 Å². The van der Waals surface area contributed by atoms with Crippen LogP contribution in [0.15, 0.2) is 27.8 Å². The lowest BCUT2D eigenvalue weighted by molar-refractivity contribution is 0.607. The highest BCUT2D eigenvalue weighted by Gasteiger charge is 2.15. The number of fused-ring (bicyclic) bond motifs is 1.